The van der Waals surface area contributed by atoms with Gasteiger partial charge >= 0.3 is 0 Å². The molecule has 2 heterocycles. The zero-order valence-electron chi connectivity index (χ0n) is 17.6. The molecule has 1 atom stereocenters. The van der Waals surface area contributed by atoms with Crippen molar-refractivity contribution in [3.8, 4) is 11.6 Å². The Bertz CT molecular complexity index is 1260. The van der Waals surface area contributed by atoms with Gasteiger partial charge in [-0.05, 0) is 61.2 Å². The first kappa shape index (κ1) is 20.1. The number of aromatic amines is 1. The van der Waals surface area contributed by atoms with Gasteiger partial charge in [-0.2, -0.15) is 0 Å². The smallest absolute Gasteiger partial charge is 0.245 e. The molecule has 2 aromatic heterocycles. The second-order valence-corrected chi connectivity index (χ2v) is 7.63. The number of allylic oxidation sites excluding steroid dienone is 1. The summed E-state index contributed by atoms with van der Waals surface area (Å²) in [4.78, 5) is 29.2. The van der Waals surface area contributed by atoms with Crippen LogP contribution in [-0.4, -0.2) is 38.9 Å². The van der Waals surface area contributed by atoms with Gasteiger partial charge in [0.1, 0.15) is 11.4 Å². The Kier molecular flexibility index (Phi) is 5.47. The molecule has 0 amide bonds. The molecule has 0 spiro atoms. The van der Waals surface area contributed by atoms with Crippen molar-refractivity contribution >= 4 is 22.4 Å². The number of rotatable bonds is 6. The van der Waals surface area contributed by atoms with Crippen LogP contribution >= 0.6 is 0 Å². The van der Waals surface area contributed by atoms with Gasteiger partial charge in [-0.3, -0.25) is 4.79 Å². The van der Waals surface area contributed by atoms with Crippen LogP contribution in [0.4, 0.5) is 0 Å². The lowest BCUT2D eigenvalue weighted by molar-refractivity contribution is 0.0963. The molecule has 0 saturated heterocycles. The van der Waals surface area contributed by atoms with Crippen molar-refractivity contribution in [1.82, 2.24) is 19.9 Å². The van der Waals surface area contributed by atoms with Crippen LogP contribution < -0.4 is 4.74 Å². The minimum atomic E-state index is -0.173. The van der Waals surface area contributed by atoms with Crippen LogP contribution in [0.3, 0.4) is 0 Å². The number of ether oxygens (including phenoxy) is 2. The van der Waals surface area contributed by atoms with Crippen molar-refractivity contribution in [3.63, 3.8) is 0 Å². The van der Waals surface area contributed by atoms with E-state index >= 15 is 0 Å². The number of ketones is 1. The van der Waals surface area contributed by atoms with Gasteiger partial charge in [0.2, 0.25) is 11.7 Å². The maximum absolute atomic E-state index is 12.8. The molecule has 160 valence electrons. The maximum atomic E-state index is 12.8. The normalized spacial score (nSPS) is 16.0. The number of hydrogen-bond acceptors (Lipinski definition) is 6. The number of imidazole rings is 1. The molecule has 7 nitrogen and oxygen atoms in total. The Balaban J connectivity index is 1.34. The van der Waals surface area contributed by atoms with Crippen molar-refractivity contribution in [2.24, 2.45) is 0 Å². The molecule has 0 aliphatic heterocycles. The minimum absolute atomic E-state index is 0.173. The summed E-state index contributed by atoms with van der Waals surface area (Å²) >= 11 is 0. The summed E-state index contributed by atoms with van der Waals surface area (Å²) < 4.78 is 11.5. The van der Waals surface area contributed by atoms with Crippen LogP contribution in [0.2, 0.25) is 0 Å². The second kappa shape index (κ2) is 8.72. The molecule has 5 rings (SSSR count). The highest BCUT2D eigenvalue weighted by atomic mass is 16.5. The summed E-state index contributed by atoms with van der Waals surface area (Å²) in [5.41, 5.74) is 3.97. The van der Waals surface area contributed by atoms with Gasteiger partial charge in [0, 0.05) is 25.1 Å². The number of hydrogen-bond donors (Lipinski definition) is 1. The molecule has 4 aromatic rings. The Morgan fingerprint density at radius 1 is 1.06 bits per heavy atom. The predicted molar refractivity (Wildman–Crippen MR) is 121 cm³/mol. The van der Waals surface area contributed by atoms with Crippen LogP contribution in [0.25, 0.3) is 16.6 Å². The van der Waals surface area contributed by atoms with E-state index in [1.165, 1.54) is 0 Å². The number of fused-ring (bicyclic) bond motifs is 1. The summed E-state index contributed by atoms with van der Waals surface area (Å²) in [5, 5.41) is 0. The van der Waals surface area contributed by atoms with Gasteiger partial charge in [-0.15, -0.1) is 0 Å². The largest absolute Gasteiger partial charge is 0.437 e. The van der Waals surface area contributed by atoms with Crippen molar-refractivity contribution in [1.29, 1.82) is 0 Å². The summed E-state index contributed by atoms with van der Waals surface area (Å²) in [7, 11) is 1.74. The van der Waals surface area contributed by atoms with E-state index in [4.69, 9.17) is 9.47 Å². The zero-order valence-corrected chi connectivity index (χ0v) is 17.6. The van der Waals surface area contributed by atoms with E-state index in [2.05, 4.69) is 26.0 Å². The Morgan fingerprint density at radius 3 is 2.62 bits per heavy atom. The van der Waals surface area contributed by atoms with E-state index in [0.29, 0.717) is 23.0 Å². The summed E-state index contributed by atoms with van der Waals surface area (Å²) in [6.07, 6.45) is 8.32. The predicted octanol–water partition coefficient (Wildman–Crippen LogP) is 4.96. The molecular weight excluding hydrogens is 404 g/mol. The highest BCUT2D eigenvalue weighted by Crippen LogP contribution is 2.33. The SMILES string of the molecule is CO[C@@H]1CC=C(c2nccnc2Oc2ccc(C(=O)c3nc4ccccc4[nH]3)cc2)CC1. The molecule has 32 heavy (non-hydrogen) atoms. The van der Waals surface area contributed by atoms with Gasteiger partial charge in [-0.1, -0.05) is 18.2 Å². The molecule has 2 aromatic carbocycles. The number of methoxy groups -OCH3 is 1. The fourth-order valence-electron chi connectivity index (χ4n) is 3.84. The zero-order chi connectivity index (χ0) is 21.9. The van der Waals surface area contributed by atoms with Crippen LogP contribution in [-0.2, 0) is 4.74 Å². The lowest BCUT2D eigenvalue weighted by Gasteiger charge is -2.21. The Hall–Kier alpha value is -3.84. The third-order valence-electron chi connectivity index (χ3n) is 5.60. The van der Waals surface area contributed by atoms with E-state index in [0.717, 1.165) is 41.6 Å². The molecular formula is C25H22N4O3. The number of nitrogens with one attached hydrogen (secondary N) is 1. The van der Waals surface area contributed by atoms with E-state index in [1.807, 2.05) is 24.3 Å². The first-order chi connectivity index (χ1) is 15.7. The molecule has 0 unspecified atom stereocenters. The minimum Gasteiger partial charge on any atom is -0.437 e. The van der Waals surface area contributed by atoms with Crippen LogP contribution in [0.1, 0.15) is 41.1 Å². The van der Waals surface area contributed by atoms with Gasteiger partial charge in [-0.25, -0.2) is 15.0 Å². The number of carbonyl (C=O) groups excluding carboxylic acids is 1. The topological polar surface area (TPSA) is 90.0 Å². The first-order valence-corrected chi connectivity index (χ1v) is 10.5. The van der Waals surface area contributed by atoms with E-state index < -0.39 is 0 Å². The third-order valence-corrected chi connectivity index (χ3v) is 5.60. The second-order valence-electron chi connectivity index (χ2n) is 7.63. The molecule has 1 aliphatic carbocycles. The molecule has 7 heteroatoms. The van der Waals surface area contributed by atoms with Crippen molar-refractivity contribution in [3.05, 3.63) is 84.1 Å². The fourth-order valence-corrected chi connectivity index (χ4v) is 3.84. The molecule has 0 bridgehead atoms. The Morgan fingerprint density at radius 2 is 1.88 bits per heavy atom. The van der Waals surface area contributed by atoms with E-state index in [9.17, 15) is 4.79 Å². The van der Waals surface area contributed by atoms with E-state index in [1.54, 1.807) is 43.8 Å². The standard InChI is InChI=1S/C25H22N4O3/c1-31-18-10-6-16(7-11-18)22-25(27-15-14-26-22)32-19-12-8-17(9-13-19)23(30)24-28-20-4-2-3-5-21(20)29-24/h2-6,8-9,12-15,18H,7,10-11H2,1H3,(H,28,29)/t18-/m1/s1. The van der Waals surface area contributed by atoms with Crippen molar-refractivity contribution in [2.45, 2.75) is 25.4 Å². The van der Waals surface area contributed by atoms with Crippen LogP contribution in [0.15, 0.2) is 67.0 Å². The highest BCUT2D eigenvalue weighted by molar-refractivity contribution is 6.08. The highest BCUT2D eigenvalue weighted by Gasteiger charge is 2.20. The third kappa shape index (κ3) is 4.02. The molecule has 0 radical (unpaired) electrons. The summed E-state index contributed by atoms with van der Waals surface area (Å²) in [5.74, 6) is 1.17. The number of para-hydroxylation sites is 2. The number of H-pyrrole nitrogens is 1. The Labute approximate surface area is 185 Å². The van der Waals surface area contributed by atoms with Gasteiger partial charge in [0.25, 0.3) is 0 Å². The lowest BCUT2D eigenvalue weighted by Crippen LogP contribution is -2.14. The number of aromatic nitrogens is 4. The quantitative estimate of drug-likeness (QED) is 0.438. The van der Waals surface area contributed by atoms with Gasteiger partial charge in [0.05, 0.1) is 17.1 Å². The monoisotopic (exact) mass is 426 g/mol. The van der Waals surface area contributed by atoms with E-state index in [-0.39, 0.29) is 11.9 Å². The number of carbonyl (C=O) groups is 1. The van der Waals surface area contributed by atoms with Crippen LogP contribution in [0.5, 0.6) is 11.6 Å². The molecule has 1 aliphatic rings. The summed E-state index contributed by atoms with van der Waals surface area (Å²) in [6, 6.07) is 14.5. The average molecular weight is 426 g/mol. The van der Waals surface area contributed by atoms with Gasteiger partial charge in [0.15, 0.2) is 5.82 Å². The molecule has 0 saturated carbocycles. The van der Waals surface area contributed by atoms with Crippen molar-refractivity contribution in [2.75, 3.05) is 7.11 Å². The van der Waals surface area contributed by atoms with Crippen LogP contribution in [0, 0.1) is 0 Å². The first-order valence-electron chi connectivity index (χ1n) is 10.5. The molecule has 0 fully saturated rings. The molecule has 1 N–H and O–H groups in total. The van der Waals surface area contributed by atoms with Crippen molar-refractivity contribution < 1.29 is 14.3 Å². The number of benzene rings is 2. The average Bonchev–Trinajstić information content (AvgIpc) is 3.29. The lowest BCUT2D eigenvalue weighted by atomic mass is 9.95. The fraction of sp³-hybridized carbons (Fsp3) is 0.200. The number of nitrogens with zero attached hydrogens (tertiary/aromatic N) is 3. The summed E-state index contributed by atoms with van der Waals surface area (Å²) in [6.45, 7) is 0. The van der Waals surface area contributed by atoms with Gasteiger partial charge < -0.3 is 14.5 Å². The maximum Gasteiger partial charge on any atom is 0.245 e.